The summed E-state index contributed by atoms with van der Waals surface area (Å²) in [5, 5.41) is 7.62. The number of aromatic amines is 1. The van der Waals surface area contributed by atoms with Crippen LogP contribution in [-0.2, 0) is 6.42 Å². The molecule has 2 heterocycles. The average molecular weight is 444 g/mol. The van der Waals surface area contributed by atoms with Gasteiger partial charge in [-0.3, -0.25) is 0 Å². The van der Waals surface area contributed by atoms with Crippen molar-refractivity contribution in [2.24, 2.45) is 0 Å². The molecule has 0 saturated heterocycles. The molecule has 0 spiro atoms. The number of hydrogen-bond acceptors (Lipinski definition) is 2. The fourth-order valence-electron chi connectivity index (χ4n) is 4.20. The van der Waals surface area contributed by atoms with Crippen LogP contribution in [0, 0.1) is 0 Å². The maximum atomic E-state index is 6.40. The van der Waals surface area contributed by atoms with Crippen LogP contribution in [0.15, 0.2) is 79.1 Å². The molecule has 0 amide bonds. The molecule has 0 radical (unpaired) electrons. The van der Waals surface area contributed by atoms with Gasteiger partial charge in [-0.05, 0) is 67.3 Å². The van der Waals surface area contributed by atoms with Gasteiger partial charge >= 0.3 is 0 Å². The summed E-state index contributed by atoms with van der Waals surface area (Å²) >= 11 is 6.40. The molecule has 162 valence electrons. The summed E-state index contributed by atoms with van der Waals surface area (Å²) in [5.74, 6) is 0.922. The van der Waals surface area contributed by atoms with Crippen molar-refractivity contribution in [3.8, 4) is 11.4 Å². The van der Waals surface area contributed by atoms with Crippen LogP contribution in [-0.4, -0.2) is 21.4 Å². The maximum absolute atomic E-state index is 6.40. The smallest absolute Gasteiger partial charge is 0.121 e. The van der Waals surface area contributed by atoms with E-state index in [1.807, 2.05) is 29.1 Å². The van der Waals surface area contributed by atoms with Crippen LogP contribution in [0.1, 0.15) is 31.2 Å². The Hall–Kier alpha value is -3.24. The SMILES string of the molecule is Clc1ccc(-n2cccn2)cc1CCCCCCOc1ccc2c(c1)[nH]c1ccccc12. The van der Waals surface area contributed by atoms with Crippen molar-refractivity contribution < 1.29 is 4.74 Å². The first kappa shape index (κ1) is 20.7. The Kier molecular flexibility index (Phi) is 6.13. The Balaban J connectivity index is 1.07. The second kappa shape index (κ2) is 9.49. The zero-order valence-corrected chi connectivity index (χ0v) is 18.7. The minimum atomic E-state index is 0.737. The van der Waals surface area contributed by atoms with Gasteiger partial charge < -0.3 is 9.72 Å². The van der Waals surface area contributed by atoms with Gasteiger partial charge in [0.25, 0.3) is 0 Å². The van der Waals surface area contributed by atoms with Crippen molar-refractivity contribution in [1.29, 1.82) is 0 Å². The van der Waals surface area contributed by atoms with Gasteiger partial charge in [0.15, 0.2) is 0 Å². The minimum absolute atomic E-state index is 0.737. The monoisotopic (exact) mass is 443 g/mol. The third-order valence-electron chi connectivity index (χ3n) is 5.89. The summed E-state index contributed by atoms with van der Waals surface area (Å²) in [7, 11) is 0. The Morgan fingerprint density at radius 1 is 0.844 bits per heavy atom. The molecule has 3 aromatic carbocycles. The molecule has 32 heavy (non-hydrogen) atoms. The number of aromatic nitrogens is 3. The van der Waals surface area contributed by atoms with E-state index in [4.69, 9.17) is 16.3 Å². The van der Waals surface area contributed by atoms with Crippen LogP contribution in [0.2, 0.25) is 5.02 Å². The van der Waals surface area contributed by atoms with Crippen molar-refractivity contribution in [3.05, 3.63) is 89.7 Å². The molecule has 5 aromatic rings. The van der Waals surface area contributed by atoms with Gasteiger partial charge in [0.05, 0.1) is 17.8 Å². The van der Waals surface area contributed by atoms with Crippen LogP contribution in [0.3, 0.4) is 0 Å². The van der Waals surface area contributed by atoms with Crippen molar-refractivity contribution >= 4 is 33.4 Å². The number of para-hydroxylation sites is 1. The molecule has 2 aromatic heterocycles. The number of rotatable bonds is 9. The summed E-state index contributed by atoms with van der Waals surface area (Å²) in [6.45, 7) is 0.737. The van der Waals surface area contributed by atoms with E-state index in [9.17, 15) is 0 Å². The first-order valence-corrected chi connectivity index (χ1v) is 11.6. The summed E-state index contributed by atoms with van der Waals surface area (Å²) in [5.41, 5.74) is 4.52. The molecule has 0 aliphatic heterocycles. The van der Waals surface area contributed by atoms with Crippen LogP contribution in [0.5, 0.6) is 5.75 Å². The van der Waals surface area contributed by atoms with E-state index in [1.54, 1.807) is 6.20 Å². The first-order chi connectivity index (χ1) is 15.8. The van der Waals surface area contributed by atoms with E-state index in [2.05, 4.69) is 58.6 Å². The van der Waals surface area contributed by atoms with Gasteiger partial charge in [-0.15, -0.1) is 0 Å². The van der Waals surface area contributed by atoms with Crippen molar-refractivity contribution in [2.45, 2.75) is 32.1 Å². The molecule has 0 fully saturated rings. The molecular formula is C27H26ClN3O. The minimum Gasteiger partial charge on any atom is -0.494 e. The zero-order valence-electron chi connectivity index (χ0n) is 17.9. The number of aryl methyl sites for hydroxylation is 1. The normalized spacial score (nSPS) is 11.4. The lowest BCUT2D eigenvalue weighted by atomic mass is 10.1. The third-order valence-corrected chi connectivity index (χ3v) is 6.25. The van der Waals surface area contributed by atoms with Crippen LogP contribution in [0.4, 0.5) is 0 Å². The van der Waals surface area contributed by atoms with Crippen LogP contribution < -0.4 is 4.74 Å². The highest BCUT2D eigenvalue weighted by atomic mass is 35.5. The lowest BCUT2D eigenvalue weighted by Gasteiger charge is -2.09. The van der Waals surface area contributed by atoms with Gasteiger partial charge in [-0.2, -0.15) is 5.10 Å². The number of ether oxygens (including phenoxy) is 1. The average Bonchev–Trinajstić information content (AvgIpc) is 3.47. The number of halogens is 1. The van der Waals surface area contributed by atoms with Gasteiger partial charge in [0.2, 0.25) is 0 Å². The van der Waals surface area contributed by atoms with Gasteiger partial charge in [-0.1, -0.05) is 42.6 Å². The lowest BCUT2D eigenvalue weighted by molar-refractivity contribution is 0.305. The van der Waals surface area contributed by atoms with E-state index in [0.29, 0.717) is 0 Å². The summed E-state index contributed by atoms with van der Waals surface area (Å²) in [6, 6.07) is 22.7. The highest BCUT2D eigenvalue weighted by Crippen LogP contribution is 2.28. The molecule has 4 nitrogen and oxygen atoms in total. The fraction of sp³-hybridized carbons (Fsp3) is 0.222. The second-order valence-corrected chi connectivity index (χ2v) is 8.52. The Labute approximate surface area is 192 Å². The number of nitrogens with zero attached hydrogens (tertiary/aromatic N) is 2. The highest BCUT2D eigenvalue weighted by molar-refractivity contribution is 6.31. The standard InChI is InChI=1S/C27H26ClN3O/c28-25-14-11-21(31-16-7-15-29-31)18-20(25)8-3-1-2-6-17-32-22-12-13-24-23-9-4-5-10-26(23)30-27(24)19-22/h4-5,7,9-16,18-19,30H,1-3,6,8,17H2. The molecule has 5 heteroatoms. The predicted molar refractivity (Wildman–Crippen MR) is 132 cm³/mol. The topological polar surface area (TPSA) is 42.8 Å². The molecular weight excluding hydrogens is 418 g/mol. The van der Waals surface area contributed by atoms with E-state index in [0.717, 1.165) is 66.2 Å². The molecule has 0 atom stereocenters. The van der Waals surface area contributed by atoms with Crippen molar-refractivity contribution in [1.82, 2.24) is 14.8 Å². The molecule has 0 saturated carbocycles. The van der Waals surface area contributed by atoms with E-state index in [1.165, 1.54) is 16.3 Å². The second-order valence-electron chi connectivity index (χ2n) is 8.12. The van der Waals surface area contributed by atoms with Gasteiger partial charge in [0.1, 0.15) is 5.75 Å². The summed E-state index contributed by atoms with van der Waals surface area (Å²) in [4.78, 5) is 3.47. The number of benzene rings is 3. The molecule has 0 bridgehead atoms. The molecule has 0 unspecified atom stereocenters. The quantitative estimate of drug-likeness (QED) is 0.242. The Morgan fingerprint density at radius 3 is 2.62 bits per heavy atom. The van der Waals surface area contributed by atoms with Gasteiger partial charge in [0, 0.05) is 39.8 Å². The van der Waals surface area contributed by atoms with Crippen LogP contribution >= 0.6 is 11.6 Å². The highest BCUT2D eigenvalue weighted by Gasteiger charge is 2.06. The number of hydrogen-bond donors (Lipinski definition) is 1. The van der Waals surface area contributed by atoms with Crippen molar-refractivity contribution in [3.63, 3.8) is 0 Å². The largest absolute Gasteiger partial charge is 0.494 e. The number of H-pyrrole nitrogens is 1. The number of fused-ring (bicyclic) bond motifs is 3. The molecule has 1 N–H and O–H groups in total. The molecule has 5 rings (SSSR count). The first-order valence-electron chi connectivity index (χ1n) is 11.2. The molecule has 0 aliphatic carbocycles. The number of unbranched alkanes of at least 4 members (excludes halogenated alkanes) is 3. The van der Waals surface area contributed by atoms with Crippen LogP contribution in [0.25, 0.3) is 27.5 Å². The lowest BCUT2D eigenvalue weighted by Crippen LogP contribution is -1.98. The Bertz CT molecular complexity index is 1320. The predicted octanol–water partition coefficient (Wildman–Crippen LogP) is 7.34. The van der Waals surface area contributed by atoms with Gasteiger partial charge in [-0.25, -0.2) is 4.68 Å². The fourth-order valence-corrected chi connectivity index (χ4v) is 4.41. The van der Waals surface area contributed by atoms with Crippen molar-refractivity contribution in [2.75, 3.05) is 6.61 Å². The Morgan fingerprint density at radius 2 is 1.72 bits per heavy atom. The summed E-state index contributed by atoms with van der Waals surface area (Å²) < 4.78 is 7.87. The van der Waals surface area contributed by atoms with E-state index >= 15 is 0 Å². The third kappa shape index (κ3) is 4.51. The number of nitrogens with one attached hydrogen (secondary N) is 1. The maximum Gasteiger partial charge on any atom is 0.121 e. The molecule has 0 aliphatic rings. The summed E-state index contributed by atoms with van der Waals surface area (Å²) in [6.07, 6.45) is 9.18. The van der Waals surface area contributed by atoms with E-state index in [-0.39, 0.29) is 0 Å². The zero-order chi connectivity index (χ0) is 21.8. The van der Waals surface area contributed by atoms with E-state index < -0.39 is 0 Å².